The Morgan fingerprint density at radius 3 is 2.70 bits per heavy atom. The molecule has 0 spiro atoms. The molecule has 1 aliphatic rings. The lowest BCUT2D eigenvalue weighted by molar-refractivity contribution is -0.194. The van der Waals surface area contributed by atoms with E-state index in [-0.39, 0.29) is 11.1 Å². The van der Waals surface area contributed by atoms with Crippen LogP contribution in [0.5, 0.6) is 0 Å². The number of aromatic nitrogens is 1. The zero-order chi connectivity index (χ0) is 14.9. The van der Waals surface area contributed by atoms with E-state index in [1.165, 1.54) is 6.20 Å². The molecule has 0 aromatic carbocycles. The van der Waals surface area contributed by atoms with Crippen LogP contribution in [0.15, 0.2) is 12.3 Å². The topological polar surface area (TPSA) is 62.7 Å². The second kappa shape index (κ2) is 5.68. The minimum Gasteiger partial charge on any atom is -0.364 e. The van der Waals surface area contributed by atoms with Gasteiger partial charge in [-0.2, -0.15) is 0 Å². The van der Waals surface area contributed by atoms with Crippen LogP contribution in [0.4, 0.5) is 0 Å². The Kier molecular flexibility index (Phi) is 4.32. The van der Waals surface area contributed by atoms with Gasteiger partial charge in [-0.05, 0) is 26.3 Å². The van der Waals surface area contributed by atoms with Crippen molar-refractivity contribution >= 4 is 17.5 Å². The molecule has 0 saturated carbocycles. The summed E-state index contributed by atoms with van der Waals surface area (Å²) in [5.41, 5.74) is -0.159. The van der Waals surface area contributed by atoms with Gasteiger partial charge in [-0.3, -0.25) is 4.79 Å². The maximum absolute atomic E-state index is 12.8. The first-order valence-corrected chi connectivity index (χ1v) is 7.19. The molecule has 0 bridgehead atoms. The molecule has 2 atom stereocenters. The number of likely N-dealkylation sites (N-methyl/N-ethyl adjacent to an activating group) is 1. The molecule has 2 heterocycles. The van der Waals surface area contributed by atoms with Crippen molar-refractivity contribution in [3.63, 3.8) is 0 Å². The van der Waals surface area contributed by atoms with E-state index in [0.717, 1.165) is 0 Å². The zero-order valence-corrected chi connectivity index (χ0v) is 12.6. The zero-order valence-electron chi connectivity index (χ0n) is 11.9. The van der Waals surface area contributed by atoms with Gasteiger partial charge >= 0.3 is 0 Å². The van der Waals surface area contributed by atoms with Crippen molar-refractivity contribution in [2.45, 2.75) is 39.1 Å². The molecule has 6 heteroatoms. The molecule has 1 N–H and O–H groups in total. The number of fused-ring (bicyclic) bond motifs is 1. The van der Waals surface area contributed by atoms with Crippen LogP contribution >= 0.6 is 11.6 Å². The van der Waals surface area contributed by atoms with E-state index in [4.69, 9.17) is 16.3 Å². The average Bonchev–Trinajstić information content (AvgIpc) is 2.75. The first kappa shape index (κ1) is 15.2. The predicted octanol–water partition coefficient (Wildman–Crippen LogP) is 2.23. The Balaban J connectivity index is 2.55. The number of halogens is 1. The van der Waals surface area contributed by atoms with Gasteiger partial charge in [0.15, 0.2) is 11.9 Å². The Morgan fingerprint density at radius 2 is 2.15 bits per heavy atom. The smallest absolute Gasteiger partial charge is 0.259 e. The van der Waals surface area contributed by atoms with E-state index >= 15 is 0 Å². The van der Waals surface area contributed by atoms with Gasteiger partial charge in [0.2, 0.25) is 0 Å². The largest absolute Gasteiger partial charge is 0.364 e. The van der Waals surface area contributed by atoms with Crippen LogP contribution in [0.1, 0.15) is 44.6 Å². The van der Waals surface area contributed by atoms with Crippen LogP contribution in [0.25, 0.3) is 0 Å². The summed E-state index contributed by atoms with van der Waals surface area (Å²) in [6.07, 6.45) is 0.737. The predicted molar refractivity (Wildman–Crippen MR) is 75.2 cm³/mol. The molecule has 0 aliphatic carbocycles. The molecule has 1 aliphatic heterocycles. The lowest BCUT2D eigenvalue weighted by atomic mass is 9.89. The van der Waals surface area contributed by atoms with Gasteiger partial charge in [-0.1, -0.05) is 18.5 Å². The highest BCUT2D eigenvalue weighted by atomic mass is 35.5. The lowest BCUT2D eigenvalue weighted by Crippen LogP contribution is -2.46. The van der Waals surface area contributed by atoms with E-state index in [2.05, 4.69) is 4.98 Å². The Morgan fingerprint density at radius 1 is 1.50 bits per heavy atom. The monoisotopic (exact) mass is 298 g/mol. The maximum Gasteiger partial charge on any atom is 0.259 e. The first-order chi connectivity index (χ1) is 9.51. The van der Waals surface area contributed by atoms with Crippen molar-refractivity contribution in [2.75, 3.05) is 13.1 Å². The van der Waals surface area contributed by atoms with Gasteiger partial charge in [0, 0.05) is 24.8 Å². The molecule has 2 rings (SSSR count). The third kappa shape index (κ3) is 2.10. The van der Waals surface area contributed by atoms with Crippen LogP contribution in [0.3, 0.4) is 0 Å². The summed E-state index contributed by atoms with van der Waals surface area (Å²) in [5.74, 6) is -0.148. The third-order valence-corrected chi connectivity index (χ3v) is 4.13. The first-order valence-electron chi connectivity index (χ1n) is 6.81. The number of pyridine rings is 1. The molecule has 20 heavy (non-hydrogen) atoms. The fourth-order valence-electron chi connectivity index (χ4n) is 2.70. The van der Waals surface area contributed by atoms with Gasteiger partial charge in [0.1, 0.15) is 5.15 Å². The summed E-state index contributed by atoms with van der Waals surface area (Å²) in [6.45, 7) is 6.86. The van der Waals surface area contributed by atoms with E-state index < -0.39 is 11.9 Å². The molecular weight excluding hydrogens is 280 g/mol. The minimum atomic E-state index is -1.22. The molecule has 2 unspecified atom stereocenters. The van der Waals surface area contributed by atoms with Crippen molar-refractivity contribution in [2.24, 2.45) is 0 Å². The summed E-state index contributed by atoms with van der Waals surface area (Å²) in [7, 11) is 0. The van der Waals surface area contributed by atoms with E-state index in [1.54, 1.807) is 11.0 Å². The molecule has 0 radical (unpaired) electrons. The van der Waals surface area contributed by atoms with Crippen molar-refractivity contribution in [3.05, 3.63) is 28.5 Å². The number of aliphatic hydroxyl groups is 1. The number of nitrogens with zero attached hydrogens (tertiary/aromatic N) is 2. The van der Waals surface area contributed by atoms with Gasteiger partial charge < -0.3 is 14.7 Å². The number of ether oxygens (including phenoxy) is 1. The highest BCUT2D eigenvalue weighted by Gasteiger charge is 2.51. The average molecular weight is 299 g/mol. The number of rotatable bonds is 4. The fourth-order valence-corrected chi connectivity index (χ4v) is 2.96. The van der Waals surface area contributed by atoms with E-state index in [9.17, 15) is 9.90 Å². The Hall–Kier alpha value is -1.17. The van der Waals surface area contributed by atoms with Crippen LogP contribution < -0.4 is 0 Å². The highest BCUT2D eigenvalue weighted by Crippen LogP contribution is 2.47. The van der Waals surface area contributed by atoms with Crippen LogP contribution in [-0.2, 0) is 15.1 Å². The Labute approximate surface area is 123 Å². The van der Waals surface area contributed by atoms with Gasteiger partial charge in [0.25, 0.3) is 5.91 Å². The number of carbonyl (C=O) groups excluding carboxylic acids is 1. The van der Waals surface area contributed by atoms with Gasteiger partial charge in [0.05, 0.1) is 5.56 Å². The standard InChI is InChI=1S/C14H19ClN2O3/c1-4-14(13(19)17(5-2)6-3)9-7-8-16-11(15)10(9)12(18)20-14/h7-8,12,18H,4-6H2,1-3H3. The lowest BCUT2D eigenvalue weighted by Gasteiger charge is -2.32. The quantitative estimate of drug-likeness (QED) is 0.866. The molecule has 110 valence electrons. The summed E-state index contributed by atoms with van der Waals surface area (Å²) < 4.78 is 5.64. The molecule has 1 amide bonds. The third-order valence-electron chi connectivity index (χ3n) is 3.83. The SMILES string of the molecule is CCN(CC)C(=O)C1(CC)OC(O)c2c1ccnc2Cl. The molecule has 0 saturated heterocycles. The normalized spacial score (nSPS) is 24.6. The summed E-state index contributed by atoms with van der Waals surface area (Å²) in [4.78, 5) is 18.4. The molecule has 0 fully saturated rings. The second-order valence-corrected chi connectivity index (χ2v) is 5.05. The van der Waals surface area contributed by atoms with E-state index in [1.807, 2.05) is 20.8 Å². The van der Waals surface area contributed by atoms with Crippen molar-refractivity contribution in [1.82, 2.24) is 9.88 Å². The van der Waals surface area contributed by atoms with Crippen molar-refractivity contribution in [1.29, 1.82) is 0 Å². The van der Waals surface area contributed by atoms with E-state index in [0.29, 0.717) is 30.6 Å². The van der Waals surface area contributed by atoms with Crippen molar-refractivity contribution < 1.29 is 14.6 Å². The minimum absolute atomic E-state index is 0.148. The number of carbonyl (C=O) groups is 1. The molecule has 1 aromatic heterocycles. The highest BCUT2D eigenvalue weighted by molar-refractivity contribution is 6.30. The van der Waals surface area contributed by atoms with Crippen molar-refractivity contribution in [3.8, 4) is 0 Å². The van der Waals surface area contributed by atoms with Gasteiger partial charge in [-0.15, -0.1) is 0 Å². The number of hydrogen-bond acceptors (Lipinski definition) is 4. The summed E-state index contributed by atoms with van der Waals surface area (Å²) in [5, 5.41) is 10.3. The maximum atomic E-state index is 12.8. The number of aliphatic hydroxyl groups excluding tert-OH is 1. The number of hydrogen-bond donors (Lipinski definition) is 1. The number of amides is 1. The van der Waals surface area contributed by atoms with Crippen LogP contribution in [-0.4, -0.2) is 34.0 Å². The molecule has 1 aromatic rings. The molecular formula is C14H19ClN2O3. The second-order valence-electron chi connectivity index (χ2n) is 4.69. The van der Waals surface area contributed by atoms with Crippen LogP contribution in [0, 0.1) is 0 Å². The van der Waals surface area contributed by atoms with Crippen LogP contribution in [0.2, 0.25) is 5.15 Å². The fraction of sp³-hybridized carbons (Fsp3) is 0.571. The summed E-state index contributed by atoms with van der Waals surface area (Å²) in [6, 6.07) is 1.70. The van der Waals surface area contributed by atoms with Gasteiger partial charge in [-0.25, -0.2) is 4.98 Å². The summed E-state index contributed by atoms with van der Waals surface area (Å²) >= 11 is 6.02. The molecule has 5 nitrogen and oxygen atoms in total. The Bertz CT molecular complexity index is 519.